The Labute approximate surface area is 151 Å². The fourth-order valence-corrected chi connectivity index (χ4v) is 2.29. The molecule has 0 amide bonds. The molecule has 0 heterocycles. The summed E-state index contributed by atoms with van der Waals surface area (Å²) in [5, 5.41) is 4.44. The molecule has 0 aliphatic rings. The zero-order chi connectivity index (χ0) is 17.4. The minimum absolute atomic E-state index is 0.0881. The maximum Gasteiger partial charge on any atom is 0.184 e. The summed E-state index contributed by atoms with van der Waals surface area (Å²) in [5.74, 6) is 1.06. The highest BCUT2D eigenvalue weighted by molar-refractivity contribution is 7.80. The van der Waals surface area contributed by atoms with Crippen molar-refractivity contribution in [3.63, 3.8) is 0 Å². The summed E-state index contributed by atoms with van der Waals surface area (Å²) >= 11 is 11.0. The molecule has 2 aromatic rings. The molecule has 3 N–H and O–H groups in total. The average molecular weight is 364 g/mol. The number of benzene rings is 2. The number of halogens is 1. The number of hydrogen-bond donors (Lipinski definition) is 2. The summed E-state index contributed by atoms with van der Waals surface area (Å²) in [6.07, 6.45) is 1.55. The molecule has 0 atom stereocenters. The number of hydrazone groups is 1. The van der Waals surface area contributed by atoms with Gasteiger partial charge in [0.15, 0.2) is 16.6 Å². The highest BCUT2D eigenvalue weighted by atomic mass is 35.5. The third-order valence-corrected chi connectivity index (χ3v) is 3.32. The molecule has 24 heavy (non-hydrogen) atoms. The van der Waals surface area contributed by atoms with E-state index in [0.717, 1.165) is 11.1 Å². The standard InChI is InChI=1S/C17H18ClN3O2S/c1-2-22-15-9-13(10-20-21-17(19)24)8-14(18)16(15)23-11-12-6-4-3-5-7-12/h3-10H,2,11H2,1H3,(H3,19,21,24)/b20-10+. The minimum Gasteiger partial charge on any atom is -0.490 e. The molecule has 2 rings (SSSR count). The van der Waals surface area contributed by atoms with Gasteiger partial charge >= 0.3 is 0 Å². The number of ether oxygens (including phenoxy) is 2. The van der Waals surface area contributed by atoms with Crippen molar-refractivity contribution in [1.82, 2.24) is 5.43 Å². The molecule has 2 aromatic carbocycles. The first-order chi connectivity index (χ1) is 11.6. The summed E-state index contributed by atoms with van der Waals surface area (Å²) in [6.45, 7) is 2.78. The van der Waals surface area contributed by atoms with E-state index in [9.17, 15) is 0 Å². The van der Waals surface area contributed by atoms with Crippen molar-refractivity contribution in [1.29, 1.82) is 0 Å². The first-order valence-electron chi connectivity index (χ1n) is 7.31. The van der Waals surface area contributed by atoms with E-state index in [1.807, 2.05) is 37.3 Å². The monoisotopic (exact) mass is 363 g/mol. The van der Waals surface area contributed by atoms with Gasteiger partial charge in [-0.1, -0.05) is 41.9 Å². The van der Waals surface area contributed by atoms with Gasteiger partial charge < -0.3 is 15.2 Å². The topological polar surface area (TPSA) is 68.9 Å². The van der Waals surface area contributed by atoms with Crippen molar-refractivity contribution in [3.8, 4) is 11.5 Å². The maximum atomic E-state index is 6.34. The van der Waals surface area contributed by atoms with E-state index < -0.39 is 0 Å². The van der Waals surface area contributed by atoms with Crippen LogP contribution in [0.4, 0.5) is 0 Å². The van der Waals surface area contributed by atoms with Gasteiger partial charge in [-0.25, -0.2) is 0 Å². The fraction of sp³-hybridized carbons (Fsp3) is 0.176. The Bertz CT molecular complexity index is 723. The normalized spacial score (nSPS) is 10.6. The van der Waals surface area contributed by atoms with Crippen LogP contribution in [0.5, 0.6) is 11.5 Å². The number of rotatable bonds is 7. The smallest absolute Gasteiger partial charge is 0.184 e. The lowest BCUT2D eigenvalue weighted by molar-refractivity contribution is 0.269. The van der Waals surface area contributed by atoms with Gasteiger partial charge in [0.05, 0.1) is 17.8 Å². The van der Waals surface area contributed by atoms with Crippen LogP contribution in [0.1, 0.15) is 18.1 Å². The average Bonchev–Trinajstić information content (AvgIpc) is 2.55. The predicted molar refractivity (Wildman–Crippen MR) is 101 cm³/mol. The summed E-state index contributed by atoms with van der Waals surface area (Å²) in [7, 11) is 0. The molecule has 7 heteroatoms. The molecular weight excluding hydrogens is 346 g/mol. The van der Waals surface area contributed by atoms with E-state index in [0.29, 0.717) is 29.7 Å². The van der Waals surface area contributed by atoms with Crippen LogP contribution in [-0.2, 0) is 6.61 Å². The highest BCUT2D eigenvalue weighted by Crippen LogP contribution is 2.36. The first kappa shape index (κ1) is 18.0. The van der Waals surface area contributed by atoms with Crippen LogP contribution < -0.4 is 20.6 Å². The van der Waals surface area contributed by atoms with Crippen LogP contribution in [0.3, 0.4) is 0 Å². The Morgan fingerprint density at radius 2 is 2.04 bits per heavy atom. The molecule has 0 aromatic heterocycles. The Balaban J connectivity index is 2.20. The molecule has 0 aliphatic carbocycles. The highest BCUT2D eigenvalue weighted by Gasteiger charge is 2.12. The van der Waals surface area contributed by atoms with Crippen molar-refractivity contribution < 1.29 is 9.47 Å². The molecule has 0 aliphatic heterocycles. The molecule has 0 saturated carbocycles. The van der Waals surface area contributed by atoms with E-state index in [2.05, 4.69) is 22.7 Å². The van der Waals surface area contributed by atoms with Crippen molar-refractivity contribution in [2.24, 2.45) is 10.8 Å². The van der Waals surface area contributed by atoms with Gasteiger partial charge in [0.1, 0.15) is 6.61 Å². The largest absolute Gasteiger partial charge is 0.490 e. The molecule has 0 bridgehead atoms. The van der Waals surface area contributed by atoms with Gasteiger partial charge in [-0.15, -0.1) is 0 Å². The Kier molecular flexibility index (Phi) is 6.84. The third-order valence-electron chi connectivity index (χ3n) is 2.95. The van der Waals surface area contributed by atoms with Crippen molar-refractivity contribution in [2.45, 2.75) is 13.5 Å². The van der Waals surface area contributed by atoms with Crippen LogP contribution in [-0.4, -0.2) is 17.9 Å². The lowest BCUT2D eigenvalue weighted by Gasteiger charge is -2.14. The second-order valence-electron chi connectivity index (χ2n) is 4.77. The lowest BCUT2D eigenvalue weighted by atomic mass is 10.2. The zero-order valence-electron chi connectivity index (χ0n) is 13.2. The van der Waals surface area contributed by atoms with Crippen LogP contribution >= 0.6 is 23.8 Å². The fourth-order valence-electron chi connectivity index (χ4n) is 1.97. The summed E-state index contributed by atoms with van der Waals surface area (Å²) in [4.78, 5) is 0. The van der Waals surface area contributed by atoms with Gasteiger partial charge in [0.25, 0.3) is 0 Å². The van der Waals surface area contributed by atoms with E-state index in [1.165, 1.54) is 0 Å². The van der Waals surface area contributed by atoms with Crippen molar-refractivity contribution in [3.05, 3.63) is 58.6 Å². The predicted octanol–water partition coefficient (Wildman–Crippen LogP) is 3.48. The van der Waals surface area contributed by atoms with Crippen molar-refractivity contribution >= 4 is 35.1 Å². The van der Waals surface area contributed by atoms with Gasteiger partial charge in [-0.2, -0.15) is 5.10 Å². The van der Waals surface area contributed by atoms with E-state index >= 15 is 0 Å². The second-order valence-corrected chi connectivity index (χ2v) is 5.62. The van der Waals surface area contributed by atoms with Gasteiger partial charge in [0.2, 0.25) is 0 Å². The van der Waals surface area contributed by atoms with Crippen LogP contribution in [0.2, 0.25) is 5.02 Å². The van der Waals surface area contributed by atoms with Crippen molar-refractivity contribution in [2.75, 3.05) is 6.61 Å². The molecule has 0 saturated heterocycles. The number of hydrogen-bond acceptors (Lipinski definition) is 4. The molecule has 0 radical (unpaired) electrons. The lowest BCUT2D eigenvalue weighted by Crippen LogP contribution is -2.23. The Morgan fingerprint density at radius 1 is 1.29 bits per heavy atom. The molecule has 5 nitrogen and oxygen atoms in total. The molecule has 0 spiro atoms. The van der Waals surface area contributed by atoms with Crippen LogP contribution in [0.15, 0.2) is 47.6 Å². The maximum absolute atomic E-state index is 6.34. The first-order valence-corrected chi connectivity index (χ1v) is 8.10. The van der Waals surface area contributed by atoms with Crippen LogP contribution in [0, 0.1) is 0 Å². The molecule has 126 valence electrons. The summed E-state index contributed by atoms with van der Waals surface area (Å²) < 4.78 is 11.5. The molecule has 0 fully saturated rings. The number of thiocarbonyl (C=S) groups is 1. The molecule has 0 unspecified atom stereocenters. The number of nitrogens with one attached hydrogen (secondary N) is 1. The third kappa shape index (κ3) is 5.40. The Hall–Kier alpha value is -2.31. The SMILES string of the molecule is CCOc1cc(/C=N/NC(N)=S)cc(Cl)c1OCc1ccccc1. The molecular formula is C17H18ClN3O2S. The summed E-state index contributed by atoms with van der Waals surface area (Å²) in [5.41, 5.74) is 9.59. The summed E-state index contributed by atoms with van der Waals surface area (Å²) in [6, 6.07) is 13.4. The number of nitrogens with zero attached hydrogens (tertiary/aromatic N) is 1. The number of nitrogens with two attached hydrogens (primary N) is 1. The van der Waals surface area contributed by atoms with Gasteiger partial charge in [-0.05, 0) is 42.4 Å². The van der Waals surface area contributed by atoms with Gasteiger partial charge in [0, 0.05) is 0 Å². The quantitative estimate of drug-likeness (QED) is 0.447. The second kappa shape index (κ2) is 9.10. The zero-order valence-corrected chi connectivity index (χ0v) is 14.7. The van der Waals surface area contributed by atoms with E-state index in [4.69, 9.17) is 26.8 Å². The minimum atomic E-state index is 0.0881. The van der Waals surface area contributed by atoms with Crippen LogP contribution in [0.25, 0.3) is 0 Å². The van der Waals surface area contributed by atoms with E-state index in [1.54, 1.807) is 18.3 Å². The van der Waals surface area contributed by atoms with E-state index in [-0.39, 0.29) is 5.11 Å². The Morgan fingerprint density at radius 3 is 2.71 bits per heavy atom. The van der Waals surface area contributed by atoms with Gasteiger partial charge in [-0.3, -0.25) is 5.43 Å².